The van der Waals surface area contributed by atoms with Crippen LogP contribution in [0.25, 0.3) is 0 Å². The van der Waals surface area contributed by atoms with Crippen LogP contribution in [0.4, 0.5) is 14.9 Å². The molecule has 1 atom stereocenters. The smallest absolute Gasteiger partial charge is 0.410 e. The Morgan fingerprint density at radius 2 is 1.50 bits per heavy atom. The van der Waals surface area contributed by atoms with Crippen LogP contribution in [-0.4, -0.2) is 58.8 Å². The summed E-state index contributed by atoms with van der Waals surface area (Å²) in [4.78, 5) is 58.1. The second-order valence-electron chi connectivity index (χ2n) is 12.8. The fourth-order valence-corrected chi connectivity index (χ4v) is 6.39. The van der Waals surface area contributed by atoms with E-state index in [1.165, 1.54) is 33.1 Å². The number of ether oxygens (including phenoxy) is 1. The number of hydrogen-bond donors (Lipinski definition) is 0. The first-order valence-corrected chi connectivity index (χ1v) is 15.1. The lowest BCUT2D eigenvalue weighted by atomic mass is 9.88. The first-order chi connectivity index (χ1) is 21.0. The Bertz CT molecular complexity index is 1610. The minimum absolute atomic E-state index is 0.0483. The molecule has 4 amide bonds. The van der Waals surface area contributed by atoms with Crippen LogP contribution in [-0.2, 0) is 35.3 Å². The van der Waals surface area contributed by atoms with Crippen molar-refractivity contribution in [3.05, 3.63) is 99.9 Å². The fourth-order valence-electron chi connectivity index (χ4n) is 6.39. The number of amides is 4. The van der Waals surface area contributed by atoms with E-state index in [-0.39, 0.29) is 49.7 Å². The van der Waals surface area contributed by atoms with Gasteiger partial charge in [0, 0.05) is 31.9 Å². The molecule has 1 unspecified atom stereocenters. The summed E-state index contributed by atoms with van der Waals surface area (Å²) in [5.74, 6) is -1.87. The lowest BCUT2D eigenvalue weighted by Crippen LogP contribution is -2.50. The average Bonchev–Trinajstić information content (AvgIpc) is 3.53. The molecule has 3 aromatic rings. The molecule has 44 heavy (non-hydrogen) atoms. The highest BCUT2D eigenvalue weighted by Gasteiger charge is 2.39. The normalized spacial score (nSPS) is 17.5. The molecule has 3 aromatic carbocycles. The summed E-state index contributed by atoms with van der Waals surface area (Å²) in [6, 6.07) is 16.9. The van der Waals surface area contributed by atoms with Crippen LogP contribution >= 0.6 is 0 Å². The summed E-state index contributed by atoms with van der Waals surface area (Å²) in [6.07, 6.45) is 2.84. The first-order valence-electron chi connectivity index (χ1n) is 15.1. The lowest BCUT2D eigenvalue weighted by molar-refractivity contribution is -0.123. The zero-order valence-corrected chi connectivity index (χ0v) is 25.3. The van der Waals surface area contributed by atoms with E-state index in [4.69, 9.17) is 4.74 Å². The van der Waals surface area contributed by atoms with Crippen LogP contribution in [0.5, 0.6) is 0 Å². The van der Waals surface area contributed by atoms with Crippen LogP contribution in [0.2, 0.25) is 0 Å². The molecule has 0 spiro atoms. The topological polar surface area (TPSA) is 87.2 Å². The van der Waals surface area contributed by atoms with Crippen molar-refractivity contribution in [1.29, 1.82) is 0 Å². The number of carbonyl (C=O) groups excluding carboxylic acids is 4. The Morgan fingerprint density at radius 1 is 0.886 bits per heavy atom. The summed E-state index contributed by atoms with van der Waals surface area (Å²) in [6.45, 7) is 5.76. The van der Waals surface area contributed by atoms with Crippen LogP contribution in [0.1, 0.15) is 70.2 Å². The van der Waals surface area contributed by atoms with Gasteiger partial charge in [-0.15, -0.1) is 0 Å². The van der Waals surface area contributed by atoms with Crippen molar-refractivity contribution >= 4 is 29.5 Å². The Morgan fingerprint density at radius 3 is 2.14 bits per heavy atom. The molecule has 1 aliphatic carbocycles. The predicted octanol–water partition coefficient (Wildman–Crippen LogP) is 5.55. The molecule has 2 heterocycles. The fraction of sp³-hybridized carbons (Fsp3) is 0.371. The minimum atomic E-state index is -0.750. The summed E-state index contributed by atoms with van der Waals surface area (Å²) in [5, 5.41) is 0. The van der Waals surface area contributed by atoms with Crippen molar-refractivity contribution in [1.82, 2.24) is 9.80 Å². The van der Waals surface area contributed by atoms with E-state index in [0.717, 1.165) is 30.5 Å². The summed E-state index contributed by atoms with van der Waals surface area (Å²) in [5.41, 5.74) is 4.98. The second kappa shape index (κ2) is 11.5. The van der Waals surface area contributed by atoms with Crippen LogP contribution in [0.15, 0.2) is 60.7 Å². The summed E-state index contributed by atoms with van der Waals surface area (Å²) in [7, 11) is 0. The van der Waals surface area contributed by atoms with Gasteiger partial charge in [0.05, 0.1) is 17.0 Å². The number of rotatable bonds is 7. The zero-order valence-electron chi connectivity index (χ0n) is 25.3. The molecule has 9 heteroatoms. The molecule has 2 aliphatic heterocycles. The molecule has 3 aliphatic rings. The third-order valence-corrected chi connectivity index (χ3v) is 8.47. The van der Waals surface area contributed by atoms with E-state index in [9.17, 15) is 23.6 Å². The van der Waals surface area contributed by atoms with Gasteiger partial charge in [-0.1, -0.05) is 30.3 Å². The maximum absolute atomic E-state index is 14.2. The molecule has 228 valence electrons. The third kappa shape index (κ3) is 5.83. The first kappa shape index (κ1) is 29.5. The number of anilines is 1. The van der Waals surface area contributed by atoms with Gasteiger partial charge in [0.2, 0.25) is 5.91 Å². The van der Waals surface area contributed by atoms with Gasteiger partial charge in [0.1, 0.15) is 11.4 Å². The summed E-state index contributed by atoms with van der Waals surface area (Å²) < 4.78 is 19.3. The highest BCUT2D eigenvalue weighted by molar-refractivity contribution is 6.21. The quantitative estimate of drug-likeness (QED) is 0.333. The highest BCUT2D eigenvalue weighted by Crippen LogP contribution is 2.37. The standard InChI is InChI=1S/C35H36FN3O5/c1-35(2,3)44-34(43)37(20-22-11-13-27(36)14-12-22)21-26-18-25-17-23-7-6-8-24(23)19-30(25)38(31(26)40)15-16-39-32(41)28-9-4-5-10-29(28)33(39)42/h4-5,9-14,17,19,26H,6-8,15-16,18,20-21H2,1-3H3. The number of fused-ring (bicyclic) bond motifs is 3. The van der Waals surface area contributed by atoms with Crippen LogP contribution < -0.4 is 4.90 Å². The van der Waals surface area contributed by atoms with Crippen molar-refractivity contribution in [2.75, 3.05) is 24.5 Å². The van der Waals surface area contributed by atoms with E-state index < -0.39 is 17.6 Å². The van der Waals surface area contributed by atoms with Gasteiger partial charge in [-0.2, -0.15) is 0 Å². The van der Waals surface area contributed by atoms with Gasteiger partial charge >= 0.3 is 6.09 Å². The number of imide groups is 1. The number of carbonyl (C=O) groups is 4. The molecule has 0 fully saturated rings. The van der Waals surface area contributed by atoms with Gasteiger partial charge in [0.15, 0.2) is 0 Å². The zero-order chi connectivity index (χ0) is 31.2. The molecule has 8 nitrogen and oxygen atoms in total. The van der Waals surface area contributed by atoms with Gasteiger partial charge in [0.25, 0.3) is 11.8 Å². The van der Waals surface area contributed by atoms with E-state index >= 15 is 0 Å². The average molecular weight is 598 g/mol. The van der Waals surface area contributed by atoms with E-state index in [0.29, 0.717) is 23.1 Å². The van der Waals surface area contributed by atoms with E-state index in [1.807, 2.05) is 0 Å². The number of nitrogens with zero attached hydrogens (tertiary/aromatic N) is 3. The van der Waals surface area contributed by atoms with Gasteiger partial charge < -0.3 is 14.5 Å². The molecule has 0 saturated heterocycles. The SMILES string of the molecule is CC(C)(C)OC(=O)N(Cc1ccc(F)cc1)CC1Cc2cc3c(cc2N(CCN2C(=O)c4ccccc4C2=O)C1=O)CCC3. The van der Waals surface area contributed by atoms with Crippen molar-refractivity contribution in [2.45, 2.75) is 58.6 Å². The predicted molar refractivity (Wildman–Crippen MR) is 163 cm³/mol. The molecular weight excluding hydrogens is 561 g/mol. The van der Waals surface area contributed by atoms with Crippen molar-refractivity contribution in [2.24, 2.45) is 5.92 Å². The molecule has 6 rings (SSSR count). The van der Waals surface area contributed by atoms with Crippen LogP contribution in [0, 0.1) is 11.7 Å². The largest absolute Gasteiger partial charge is 0.444 e. The van der Waals surface area contributed by atoms with Gasteiger partial charge in [-0.3, -0.25) is 19.3 Å². The Hall–Kier alpha value is -4.53. The molecule has 0 bridgehead atoms. The third-order valence-electron chi connectivity index (χ3n) is 8.47. The van der Waals surface area contributed by atoms with E-state index in [1.54, 1.807) is 62.1 Å². The Kier molecular flexibility index (Phi) is 7.73. The Balaban J connectivity index is 1.28. The molecule has 0 aromatic heterocycles. The number of hydrogen-bond acceptors (Lipinski definition) is 5. The van der Waals surface area contributed by atoms with Crippen LogP contribution in [0.3, 0.4) is 0 Å². The minimum Gasteiger partial charge on any atom is -0.444 e. The van der Waals surface area contributed by atoms with Crippen molar-refractivity contribution in [3.63, 3.8) is 0 Å². The monoisotopic (exact) mass is 597 g/mol. The molecule has 0 N–H and O–H groups in total. The van der Waals surface area contributed by atoms with Crippen molar-refractivity contribution in [3.8, 4) is 0 Å². The molecule has 0 saturated carbocycles. The summed E-state index contributed by atoms with van der Waals surface area (Å²) >= 11 is 0. The van der Waals surface area contributed by atoms with E-state index in [2.05, 4.69) is 12.1 Å². The van der Waals surface area contributed by atoms with Gasteiger partial charge in [-0.25, -0.2) is 9.18 Å². The number of aryl methyl sites for hydroxylation is 2. The number of halogens is 1. The molecular formula is C35H36FN3O5. The molecule has 0 radical (unpaired) electrons. The maximum Gasteiger partial charge on any atom is 0.410 e. The Labute approximate surface area is 256 Å². The van der Waals surface area contributed by atoms with Crippen molar-refractivity contribution < 1.29 is 28.3 Å². The lowest BCUT2D eigenvalue weighted by Gasteiger charge is -2.38. The maximum atomic E-state index is 14.2. The van der Waals surface area contributed by atoms with Gasteiger partial charge in [-0.05, 0) is 99.0 Å². The number of benzene rings is 3. The highest BCUT2D eigenvalue weighted by atomic mass is 19.1. The second-order valence-corrected chi connectivity index (χ2v) is 12.8.